The number of thiophene rings is 1. The molecule has 3 heterocycles. The van der Waals surface area contributed by atoms with Gasteiger partial charge in [0.2, 0.25) is 5.89 Å². The molecule has 0 aliphatic heterocycles. The number of aryl methyl sites for hydroxylation is 2. The smallest absolute Gasteiger partial charge is 0.218 e. The predicted octanol–water partition coefficient (Wildman–Crippen LogP) is 5.31. The fourth-order valence-electron chi connectivity index (χ4n) is 2.80. The van der Waals surface area contributed by atoms with E-state index >= 15 is 0 Å². The van der Waals surface area contributed by atoms with E-state index in [2.05, 4.69) is 32.7 Å². The first-order valence-electron chi connectivity index (χ1n) is 9.19. The molecule has 0 unspecified atom stereocenters. The molecule has 0 N–H and O–H groups in total. The van der Waals surface area contributed by atoms with Crippen molar-refractivity contribution in [2.45, 2.75) is 26.0 Å². The molecule has 6 heteroatoms. The Hall–Kier alpha value is -3.12. The Kier molecular flexibility index (Phi) is 5.99. The molecule has 0 spiro atoms. The van der Waals surface area contributed by atoms with E-state index in [0.29, 0.717) is 12.5 Å². The topological polar surface area (TPSA) is 53.1 Å². The fraction of sp³-hybridized carbons (Fsp3) is 0.182. The summed E-state index contributed by atoms with van der Waals surface area (Å²) in [6, 6.07) is 12.3. The van der Waals surface area contributed by atoms with Crippen LogP contribution in [0.1, 0.15) is 28.4 Å². The summed E-state index contributed by atoms with van der Waals surface area (Å²) in [6.45, 7) is 1.37. The molecule has 1 aromatic carbocycles. The number of hydrogen-bond donors (Lipinski definition) is 0. The number of benzene rings is 1. The summed E-state index contributed by atoms with van der Waals surface area (Å²) in [5.41, 5.74) is 2.07. The molecular weight excluding hydrogens is 370 g/mol. The van der Waals surface area contributed by atoms with Crippen molar-refractivity contribution >= 4 is 23.5 Å². The highest BCUT2D eigenvalue weighted by Crippen LogP contribution is 2.17. The van der Waals surface area contributed by atoms with E-state index in [-0.39, 0.29) is 0 Å². The van der Waals surface area contributed by atoms with Gasteiger partial charge in [-0.25, -0.2) is 9.97 Å². The monoisotopic (exact) mass is 391 g/mol. The third-order valence-corrected chi connectivity index (χ3v) is 5.09. The number of nitrogens with zero attached hydrogens (tertiary/aromatic N) is 3. The molecule has 4 aromatic rings. The molecule has 0 saturated heterocycles. The van der Waals surface area contributed by atoms with Crippen molar-refractivity contribution in [2.24, 2.45) is 0 Å². The van der Waals surface area contributed by atoms with Crippen LogP contribution >= 0.6 is 11.3 Å². The standard InChI is InChI=1S/C22H21N3O2S/c1(12-25-13-11-23-17-25)3-18-5-7-20(8-6-18)26-15-19-16-27-22(24-19)10-9-21-4-2-14-28-21/h2,4-11,13-14,16-17H,1,3,12,15H2/b10-9+. The van der Waals surface area contributed by atoms with Crippen LogP contribution in [0.2, 0.25) is 0 Å². The van der Waals surface area contributed by atoms with Gasteiger partial charge in [0.25, 0.3) is 0 Å². The number of aromatic nitrogens is 3. The molecule has 5 nitrogen and oxygen atoms in total. The molecule has 0 fully saturated rings. The maximum Gasteiger partial charge on any atom is 0.218 e. The van der Waals surface area contributed by atoms with Crippen LogP contribution in [0.4, 0.5) is 0 Å². The molecule has 0 bridgehead atoms. The normalized spacial score (nSPS) is 11.3. The predicted molar refractivity (Wildman–Crippen MR) is 111 cm³/mol. The van der Waals surface area contributed by atoms with E-state index in [1.165, 1.54) is 10.4 Å². The zero-order valence-corrected chi connectivity index (χ0v) is 16.2. The van der Waals surface area contributed by atoms with Crippen LogP contribution in [0, 0.1) is 0 Å². The van der Waals surface area contributed by atoms with Gasteiger partial charge in [0.05, 0.1) is 6.33 Å². The van der Waals surface area contributed by atoms with Gasteiger partial charge >= 0.3 is 0 Å². The lowest BCUT2D eigenvalue weighted by atomic mass is 10.1. The van der Waals surface area contributed by atoms with Crippen molar-refractivity contribution < 1.29 is 9.15 Å². The summed E-state index contributed by atoms with van der Waals surface area (Å²) in [6.07, 6.45) is 13.3. The van der Waals surface area contributed by atoms with E-state index in [0.717, 1.165) is 30.8 Å². The molecule has 0 radical (unpaired) electrons. The van der Waals surface area contributed by atoms with Gasteiger partial charge in [0, 0.05) is 29.9 Å². The van der Waals surface area contributed by atoms with E-state index in [9.17, 15) is 0 Å². The highest BCUT2D eigenvalue weighted by atomic mass is 32.1. The van der Waals surface area contributed by atoms with Gasteiger partial charge in [0.15, 0.2) is 0 Å². The van der Waals surface area contributed by atoms with Crippen LogP contribution in [0.15, 0.2) is 71.2 Å². The lowest BCUT2D eigenvalue weighted by Gasteiger charge is -2.06. The van der Waals surface area contributed by atoms with E-state index < -0.39 is 0 Å². The summed E-state index contributed by atoms with van der Waals surface area (Å²) in [7, 11) is 0. The number of rotatable bonds is 9. The van der Waals surface area contributed by atoms with Gasteiger partial charge in [-0.1, -0.05) is 18.2 Å². The number of ether oxygens (including phenoxy) is 1. The van der Waals surface area contributed by atoms with Crippen molar-refractivity contribution in [3.8, 4) is 5.75 Å². The largest absolute Gasteiger partial charge is 0.487 e. The van der Waals surface area contributed by atoms with Crippen LogP contribution in [0.3, 0.4) is 0 Å². The number of imidazole rings is 1. The van der Waals surface area contributed by atoms with Crippen LogP contribution in [0.5, 0.6) is 5.75 Å². The number of hydrogen-bond acceptors (Lipinski definition) is 5. The molecule has 28 heavy (non-hydrogen) atoms. The average molecular weight is 391 g/mol. The van der Waals surface area contributed by atoms with Crippen LogP contribution < -0.4 is 4.74 Å². The minimum absolute atomic E-state index is 0.385. The van der Waals surface area contributed by atoms with Crippen LogP contribution in [0.25, 0.3) is 12.2 Å². The van der Waals surface area contributed by atoms with Gasteiger partial charge in [-0.15, -0.1) is 11.3 Å². The molecule has 0 saturated carbocycles. The maximum absolute atomic E-state index is 5.82. The molecule has 4 rings (SSSR count). The zero-order chi connectivity index (χ0) is 19.0. The fourth-order valence-corrected chi connectivity index (χ4v) is 3.42. The Morgan fingerprint density at radius 3 is 2.86 bits per heavy atom. The molecule has 0 atom stereocenters. The van der Waals surface area contributed by atoms with Crippen molar-refractivity contribution in [3.05, 3.63) is 88.8 Å². The third-order valence-electron chi connectivity index (χ3n) is 4.25. The second-order valence-corrected chi connectivity index (χ2v) is 7.34. The van der Waals surface area contributed by atoms with Crippen molar-refractivity contribution in [3.63, 3.8) is 0 Å². The molecule has 3 aromatic heterocycles. The first-order valence-corrected chi connectivity index (χ1v) is 10.1. The Morgan fingerprint density at radius 2 is 2.07 bits per heavy atom. The summed E-state index contributed by atoms with van der Waals surface area (Å²) in [4.78, 5) is 9.65. The second kappa shape index (κ2) is 9.19. The first-order chi connectivity index (χ1) is 13.8. The van der Waals surface area contributed by atoms with E-state index in [1.54, 1.807) is 17.6 Å². The van der Waals surface area contributed by atoms with Gasteiger partial charge in [-0.2, -0.15) is 0 Å². The Bertz CT molecular complexity index is 987. The minimum atomic E-state index is 0.385. The first kappa shape index (κ1) is 18.3. The van der Waals surface area contributed by atoms with Gasteiger partial charge in [-0.3, -0.25) is 0 Å². The number of oxazole rings is 1. The molecule has 142 valence electrons. The highest BCUT2D eigenvalue weighted by molar-refractivity contribution is 7.10. The van der Waals surface area contributed by atoms with Crippen molar-refractivity contribution in [2.75, 3.05) is 0 Å². The van der Waals surface area contributed by atoms with Crippen LogP contribution in [-0.2, 0) is 19.6 Å². The molecule has 0 amide bonds. The Balaban J connectivity index is 1.23. The summed E-state index contributed by atoms with van der Waals surface area (Å²) in [5, 5.41) is 2.04. The third kappa shape index (κ3) is 5.20. The van der Waals surface area contributed by atoms with E-state index in [1.807, 2.05) is 54.5 Å². The van der Waals surface area contributed by atoms with Crippen molar-refractivity contribution in [1.29, 1.82) is 0 Å². The summed E-state index contributed by atoms with van der Waals surface area (Å²) >= 11 is 1.68. The second-order valence-electron chi connectivity index (χ2n) is 6.36. The highest BCUT2D eigenvalue weighted by Gasteiger charge is 2.03. The summed E-state index contributed by atoms with van der Waals surface area (Å²) < 4.78 is 13.4. The zero-order valence-electron chi connectivity index (χ0n) is 15.4. The van der Waals surface area contributed by atoms with E-state index in [4.69, 9.17) is 9.15 Å². The van der Waals surface area contributed by atoms with Gasteiger partial charge in [0.1, 0.15) is 24.3 Å². The molecule has 0 aliphatic carbocycles. The average Bonchev–Trinajstić information content (AvgIpc) is 3.48. The van der Waals surface area contributed by atoms with Crippen LogP contribution in [-0.4, -0.2) is 14.5 Å². The summed E-state index contributed by atoms with van der Waals surface area (Å²) in [5.74, 6) is 1.41. The SMILES string of the molecule is C(=C\c1cccs1)/c1nc(COc2ccc(CCCn3ccnc3)cc2)co1. The molecular formula is C22H21N3O2S. The van der Waals surface area contributed by atoms with Crippen molar-refractivity contribution in [1.82, 2.24) is 14.5 Å². The Morgan fingerprint density at radius 1 is 1.14 bits per heavy atom. The quantitative estimate of drug-likeness (QED) is 0.388. The lowest BCUT2D eigenvalue weighted by Crippen LogP contribution is -1.98. The van der Waals surface area contributed by atoms with Gasteiger partial charge < -0.3 is 13.7 Å². The van der Waals surface area contributed by atoms with Gasteiger partial charge in [-0.05, 0) is 48.1 Å². The Labute approximate surface area is 168 Å². The maximum atomic E-state index is 5.82. The minimum Gasteiger partial charge on any atom is -0.487 e. The molecule has 0 aliphatic rings. The lowest BCUT2D eigenvalue weighted by molar-refractivity contribution is 0.301.